The fourth-order valence-electron chi connectivity index (χ4n) is 2.22. The smallest absolute Gasteiger partial charge is 0.453 e. The number of aromatic nitrogens is 4. The molecule has 0 aliphatic rings. The molecule has 0 aliphatic carbocycles. The van der Waals surface area contributed by atoms with E-state index in [4.69, 9.17) is 9.84 Å². The van der Waals surface area contributed by atoms with E-state index in [1.165, 1.54) is 12.1 Å². The number of aryl methyl sites for hydroxylation is 1. The first-order valence-electron chi connectivity index (χ1n) is 7.29. The van der Waals surface area contributed by atoms with E-state index in [0.717, 1.165) is 5.56 Å². The molecule has 0 saturated carbocycles. The Bertz CT molecular complexity index is 894. The van der Waals surface area contributed by atoms with Gasteiger partial charge in [-0.2, -0.15) is 17.7 Å². The highest BCUT2D eigenvalue weighted by atomic mass is 19.4. The van der Waals surface area contributed by atoms with E-state index in [1.54, 1.807) is 18.2 Å². The number of fused-ring (bicyclic) bond motifs is 1. The summed E-state index contributed by atoms with van der Waals surface area (Å²) < 4.78 is 44.7. The first-order chi connectivity index (χ1) is 11.9. The molecule has 1 aromatic carbocycles. The number of aliphatic hydroxyl groups excluding tert-OH is 1. The minimum absolute atomic E-state index is 0.00167. The topological polar surface area (TPSA) is 84.6 Å². The van der Waals surface area contributed by atoms with Gasteiger partial charge >= 0.3 is 6.18 Å². The molecule has 0 bridgehead atoms. The number of hydrogen-bond donors (Lipinski definition) is 2. The Kier molecular flexibility index (Phi) is 4.45. The van der Waals surface area contributed by atoms with E-state index < -0.39 is 12.0 Å². The molecule has 0 radical (unpaired) electrons. The average Bonchev–Trinajstić information content (AvgIpc) is 2.97. The van der Waals surface area contributed by atoms with Crippen LogP contribution in [0.5, 0.6) is 5.75 Å². The number of nitrogens with zero attached hydrogens (tertiary/aromatic N) is 4. The number of aliphatic hydroxyl groups is 1. The molecule has 2 heterocycles. The van der Waals surface area contributed by atoms with Gasteiger partial charge in [-0.1, -0.05) is 0 Å². The lowest BCUT2D eigenvalue weighted by Gasteiger charge is -2.11. The second-order valence-electron chi connectivity index (χ2n) is 5.19. The molecule has 0 atom stereocenters. The Balaban J connectivity index is 1.86. The van der Waals surface area contributed by atoms with Gasteiger partial charge in [0.1, 0.15) is 12.4 Å². The SMILES string of the molecule is Cc1cc(Nc2ccc3nnc(C(F)(F)F)n3n2)ccc1OCCO. The number of benzene rings is 1. The molecule has 2 aromatic heterocycles. The van der Waals surface area contributed by atoms with Crippen LogP contribution >= 0.6 is 0 Å². The maximum atomic E-state index is 12.9. The van der Waals surface area contributed by atoms with Crippen LogP contribution < -0.4 is 10.1 Å². The summed E-state index contributed by atoms with van der Waals surface area (Å²) in [6.45, 7) is 1.90. The van der Waals surface area contributed by atoms with Crippen LogP contribution in [0.4, 0.5) is 24.7 Å². The molecule has 0 spiro atoms. The van der Waals surface area contributed by atoms with Crippen LogP contribution in [0.2, 0.25) is 0 Å². The quantitative estimate of drug-likeness (QED) is 0.733. The molecule has 132 valence electrons. The molecule has 3 aromatic rings. The van der Waals surface area contributed by atoms with E-state index in [-0.39, 0.29) is 24.7 Å². The molecule has 0 unspecified atom stereocenters. The van der Waals surface area contributed by atoms with Crippen molar-refractivity contribution in [1.29, 1.82) is 0 Å². The van der Waals surface area contributed by atoms with Gasteiger partial charge in [0.05, 0.1) is 6.61 Å². The molecule has 7 nitrogen and oxygen atoms in total. The minimum atomic E-state index is -4.65. The zero-order chi connectivity index (χ0) is 18.0. The number of rotatable bonds is 5. The highest BCUT2D eigenvalue weighted by Crippen LogP contribution is 2.28. The third-order valence-electron chi connectivity index (χ3n) is 3.31. The summed E-state index contributed by atoms with van der Waals surface area (Å²) in [5.41, 5.74) is 1.43. The van der Waals surface area contributed by atoms with E-state index in [0.29, 0.717) is 16.0 Å². The fraction of sp³-hybridized carbons (Fsp3) is 0.267. The molecule has 0 fully saturated rings. The Morgan fingerprint density at radius 1 is 1.20 bits per heavy atom. The van der Waals surface area contributed by atoms with E-state index in [2.05, 4.69) is 20.6 Å². The Morgan fingerprint density at radius 2 is 2.00 bits per heavy atom. The number of anilines is 2. The third kappa shape index (κ3) is 3.63. The average molecular weight is 353 g/mol. The van der Waals surface area contributed by atoms with Crippen molar-refractivity contribution in [3.05, 3.63) is 41.7 Å². The predicted octanol–water partition coefficient (Wildman–Crippen LogP) is 2.57. The van der Waals surface area contributed by atoms with Crippen LogP contribution in [0.3, 0.4) is 0 Å². The normalized spacial score (nSPS) is 11.7. The number of ether oxygens (including phenoxy) is 1. The number of nitrogens with one attached hydrogen (secondary N) is 1. The van der Waals surface area contributed by atoms with Crippen molar-refractivity contribution < 1.29 is 23.0 Å². The minimum Gasteiger partial charge on any atom is -0.491 e. The van der Waals surface area contributed by atoms with Crippen molar-refractivity contribution >= 4 is 17.2 Å². The monoisotopic (exact) mass is 353 g/mol. The largest absolute Gasteiger partial charge is 0.491 e. The molecule has 25 heavy (non-hydrogen) atoms. The predicted molar refractivity (Wildman–Crippen MR) is 82.8 cm³/mol. The molecule has 10 heteroatoms. The van der Waals surface area contributed by atoms with Gasteiger partial charge in [-0.3, -0.25) is 0 Å². The van der Waals surface area contributed by atoms with Gasteiger partial charge in [0.2, 0.25) is 0 Å². The molecule has 3 rings (SSSR count). The Labute approximate surface area is 140 Å². The zero-order valence-electron chi connectivity index (χ0n) is 13.1. The van der Waals surface area contributed by atoms with E-state index >= 15 is 0 Å². The van der Waals surface area contributed by atoms with Crippen molar-refractivity contribution in [1.82, 2.24) is 19.8 Å². The summed E-state index contributed by atoms with van der Waals surface area (Å²) >= 11 is 0. The first-order valence-corrected chi connectivity index (χ1v) is 7.29. The maximum absolute atomic E-state index is 12.9. The lowest BCUT2D eigenvalue weighted by atomic mass is 10.2. The third-order valence-corrected chi connectivity index (χ3v) is 3.31. The second-order valence-corrected chi connectivity index (χ2v) is 5.19. The fourth-order valence-corrected chi connectivity index (χ4v) is 2.22. The van der Waals surface area contributed by atoms with Crippen molar-refractivity contribution in [3.63, 3.8) is 0 Å². The molecule has 0 saturated heterocycles. The number of alkyl halides is 3. The van der Waals surface area contributed by atoms with Gasteiger partial charge in [0.15, 0.2) is 11.5 Å². The first kappa shape index (κ1) is 17.0. The number of halogens is 3. The summed E-state index contributed by atoms with van der Waals surface area (Å²) in [5.74, 6) is -0.363. The van der Waals surface area contributed by atoms with Gasteiger partial charge in [0.25, 0.3) is 5.82 Å². The van der Waals surface area contributed by atoms with Gasteiger partial charge in [-0.25, -0.2) is 0 Å². The Hall–Kier alpha value is -2.88. The van der Waals surface area contributed by atoms with Crippen LogP contribution in [0.25, 0.3) is 5.65 Å². The maximum Gasteiger partial charge on any atom is 0.453 e. The van der Waals surface area contributed by atoms with Crippen LogP contribution in [-0.2, 0) is 6.18 Å². The van der Waals surface area contributed by atoms with E-state index in [9.17, 15) is 13.2 Å². The lowest BCUT2D eigenvalue weighted by molar-refractivity contribution is -0.146. The summed E-state index contributed by atoms with van der Waals surface area (Å²) in [6, 6.07) is 8.06. The van der Waals surface area contributed by atoms with Gasteiger partial charge in [-0.15, -0.1) is 15.3 Å². The van der Waals surface area contributed by atoms with Crippen molar-refractivity contribution in [2.45, 2.75) is 13.1 Å². The van der Waals surface area contributed by atoms with Gasteiger partial charge in [0, 0.05) is 5.69 Å². The van der Waals surface area contributed by atoms with Crippen LogP contribution in [0.15, 0.2) is 30.3 Å². The molecular weight excluding hydrogens is 339 g/mol. The highest BCUT2D eigenvalue weighted by Gasteiger charge is 2.37. The molecular formula is C15H14F3N5O2. The Morgan fingerprint density at radius 3 is 2.68 bits per heavy atom. The van der Waals surface area contributed by atoms with Crippen LogP contribution in [0.1, 0.15) is 11.4 Å². The van der Waals surface area contributed by atoms with Gasteiger partial charge in [-0.05, 0) is 42.8 Å². The van der Waals surface area contributed by atoms with Gasteiger partial charge < -0.3 is 15.2 Å². The van der Waals surface area contributed by atoms with Crippen LogP contribution in [0, 0.1) is 6.92 Å². The molecule has 0 aliphatic heterocycles. The number of hydrogen-bond acceptors (Lipinski definition) is 6. The zero-order valence-corrected chi connectivity index (χ0v) is 13.1. The van der Waals surface area contributed by atoms with E-state index in [1.807, 2.05) is 6.92 Å². The molecule has 0 amide bonds. The standard InChI is InChI=1S/C15H14F3N5O2/c1-9-8-10(2-3-11(9)25-7-6-24)19-12-4-5-13-20-21-14(15(16,17)18)23(13)22-12/h2-5,8,24H,6-7H2,1H3,(H,19,22). The lowest BCUT2D eigenvalue weighted by Crippen LogP contribution is -2.13. The second kappa shape index (κ2) is 6.55. The summed E-state index contributed by atoms with van der Waals surface area (Å²) in [4.78, 5) is 0. The summed E-state index contributed by atoms with van der Waals surface area (Å²) in [5, 5.41) is 22.2. The van der Waals surface area contributed by atoms with Crippen LogP contribution in [-0.4, -0.2) is 38.1 Å². The summed E-state index contributed by atoms with van der Waals surface area (Å²) in [6.07, 6.45) is -4.65. The van der Waals surface area contributed by atoms with Crippen molar-refractivity contribution in [2.24, 2.45) is 0 Å². The van der Waals surface area contributed by atoms with Crippen molar-refractivity contribution in [2.75, 3.05) is 18.5 Å². The summed E-state index contributed by atoms with van der Waals surface area (Å²) in [7, 11) is 0. The molecule has 2 N–H and O–H groups in total. The highest BCUT2D eigenvalue weighted by molar-refractivity contribution is 5.60. The van der Waals surface area contributed by atoms with Crippen molar-refractivity contribution in [3.8, 4) is 5.75 Å².